The van der Waals surface area contributed by atoms with E-state index in [0.717, 1.165) is 12.1 Å². The van der Waals surface area contributed by atoms with Crippen molar-refractivity contribution in [1.82, 2.24) is 24.5 Å². The zero-order chi connectivity index (χ0) is 15.7. The number of esters is 1. The summed E-state index contributed by atoms with van der Waals surface area (Å²) in [5.41, 5.74) is 2.11. The molecule has 8 nitrogen and oxygen atoms in total. The lowest BCUT2D eigenvalue weighted by Gasteiger charge is -2.27. The predicted molar refractivity (Wildman–Crippen MR) is 79.0 cm³/mol. The number of allylic oxidation sites excluding steroid dienone is 1. The number of rotatable bonds is 4. The molecular weight excluding hydrogens is 284 g/mol. The van der Waals surface area contributed by atoms with E-state index in [1.807, 2.05) is 24.7 Å². The van der Waals surface area contributed by atoms with Gasteiger partial charge in [-0.2, -0.15) is 15.2 Å². The van der Waals surface area contributed by atoms with Gasteiger partial charge in [-0.15, -0.1) is 0 Å². The summed E-state index contributed by atoms with van der Waals surface area (Å²) in [4.78, 5) is 16.6. The first-order valence-electron chi connectivity index (χ1n) is 7.22. The molecule has 0 aromatic carbocycles. The third-order valence-corrected chi connectivity index (χ3v) is 3.58. The van der Waals surface area contributed by atoms with Gasteiger partial charge in [0.05, 0.1) is 18.4 Å². The first kappa shape index (κ1) is 14.3. The second kappa shape index (κ2) is 5.63. The number of aryl methyl sites for hydroxylation is 1. The van der Waals surface area contributed by atoms with Crippen molar-refractivity contribution < 1.29 is 9.53 Å². The number of nitrogens with one attached hydrogen (secondary N) is 1. The van der Waals surface area contributed by atoms with Gasteiger partial charge in [0.15, 0.2) is 0 Å². The fourth-order valence-electron chi connectivity index (χ4n) is 2.57. The molecule has 0 saturated carbocycles. The maximum absolute atomic E-state index is 12.4. The number of carbonyl (C=O) groups is 1. The Morgan fingerprint density at radius 3 is 2.91 bits per heavy atom. The van der Waals surface area contributed by atoms with Gasteiger partial charge in [0.1, 0.15) is 12.4 Å². The molecule has 3 heterocycles. The number of fused-ring (bicyclic) bond motifs is 1. The van der Waals surface area contributed by atoms with Crippen molar-refractivity contribution in [3.63, 3.8) is 0 Å². The molecule has 0 bridgehead atoms. The minimum Gasteiger partial charge on any atom is -0.463 e. The number of ether oxygens (including phenoxy) is 1. The topological polar surface area (TPSA) is 86.9 Å². The molecule has 22 heavy (non-hydrogen) atoms. The second-order valence-corrected chi connectivity index (χ2v) is 4.94. The maximum atomic E-state index is 12.4. The van der Waals surface area contributed by atoms with Crippen LogP contribution in [0.4, 0.5) is 5.95 Å². The van der Waals surface area contributed by atoms with Gasteiger partial charge in [0, 0.05) is 24.0 Å². The number of nitrogens with zero attached hydrogens (tertiary/aromatic N) is 5. The summed E-state index contributed by atoms with van der Waals surface area (Å²) in [5, 5.41) is 11.6. The number of hydrogen-bond acceptors (Lipinski definition) is 6. The molecule has 8 heteroatoms. The van der Waals surface area contributed by atoms with Crippen LogP contribution < -0.4 is 5.32 Å². The molecular formula is C14H18N6O2. The largest absolute Gasteiger partial charge is 0.463 e. The predicted octanol–water partition coefficient (Wildman–Crippen LogP) is 1.35. The summed E-state index contributed by atoms with van der Waals surface area (Å²) in [6.45, 7) is 6.71. The van der Waals surface area contributed by atoms with Crippen molar-refractivity contribution in [3.05, 3.63) is 35.6 Å². The fraction of sp³-hybridized carbons (Fsp3) is 0.429. The average Bonchev–Trinajstić information content (AvgIpc) is 3.14. The monoisotopic (exact) mass is 302 g/mol. The van der Waals surface area contributed by atoms with Crippen molar-refractivity contribution >= 4 is 11.9 Å². The summed E-state index contributed by atoms with van der Waals surface area (Å²) >= 11 is 0. The molecule has 0 aliphatic carbocycles. The summed E-state index contributed by atoms with van der Waals surface area (Å²) in [6.07, 6.45) is 5.12. The molecule has 0 saturated heterocycles. The minimum absolute atomic E-state index is 0.320. The maximum Gasteiger partial charge on any atom is 0.338 e. The Labute approximate surface area is 127 Å². The van der Waals surface area contributed by atoms with Crippen LogP contribution in [0.15, 0.2) is 30.0 Å². The molecule has 0 fully saturated rings. The quantitative estimate of drug-likeness (QED) is 0.858. The lowest BCUT2D eigenvalue weighted by molar-refractivity contribution is -0.139. The molecule has 3 rings (SSSR count). The van der Waals surface area contributed by atoms with E-state index in [9.17, 15) is 4.79 Å². The van der Waals surface area contributed by atoms with Gasteiger partial charge < -0.3 is 10.1 Å². The molecule has 1 unspecified atom stereocenters. The second-order valence-electron chi connectivity index (χ2n) is 4.94. The van der Waals surface area contributed by atoms with Crippen LogP contribution in [-0.2, 0) is 16.1 Å². The minimum atomic E-state index is -0.391. The van der Waals surface area contributed by atoms with Crippen LogP contribution in [0, 0.1) is 0 Å². The first-order valence-corrected chi connectivity index (χ1v) is 7.22. The lowest BCUT2D eigenvalue weighted by atomic mass is 9.98. The van der Waals surface area contributed by atoms with E-state index in [1.54, 1.807) is 17.8 Å². The molecule has 2 aromatic heterocycles. The molecule has 0 radical (unpaired) electrons. The van der Waals surface area contributed by atoms with Crippen LogP contribution in [0.3, 0.4) is 0 Å². The molecule has 2 aromatic rings. The number of anilines is 1. The van der Waals surface area contributed by atoms with E-state index < -0.39 is 6.04 Å². The lowest BCUT2D eigenvalue weighted by Crippen LogP contribution is -2.29. The van der Waals surface area contributed by atoms with Gasteiger partial charge in [0.2, 0.25) is 5.95 Å². The molecule has 1 atom stereocenters. The normalized spacial score (nSPS) is 17.1. The molecule has 0 spiro atoms. The Morgan fingerprint density at radius 1 is 1.41 bits per heavy atom. The average molecular weight is 302 g/mol. The van der Waals surface area contributed by atoms with E-state index in [0.29, 0.717) is 23.8 Å². The van der Waals surface area contributed by atoms with Gasteiger partial charge in [-0.05, 0) is 20.8 Å². The van der Waals surface area contributed by atoms with E-state index in [-0.39, 0.29) is 5.97 Å². The highest BCUT2D eigenvalue weighted by Crippen LogP contribution is 2.34. The summed E-state index contributed by atoms with van der Waals surface area (Å²) in [5.74, 6) is 0.239. The number of hydrogen-bond donors (Lipinski definition) is 1. The molecule has 0 amide bonds. The zero-order valence-corrected chi connectivity index (χ0v) is 12.8. The van der Waals surface area contributed by atoms with Gasteiger partial charge in [0.25, 0.3) is 0 Å². The summed E-state index contributed by atoms with van der Waals surface area (Å²) < 4.78 is 8.69. The third-order valence-electron chi connectivity index (χ3n) is 3.58. The first-order chi connectivity index (χ1) is 10.7. The third kappa shape index (κ3) is 2.26. The van der Waals surface area contributed by atoms with Gasteiger partial charge >= 0.3 is 5.97 Å². The van der Waals surface area contributed by atoms with Crippen molar-refractivity contribution in [2.24, 2.45) is 0 Å². The Bertz CT molecular complexity index is 729. The van der Waals surface area contributed by atoms with E-state index in [4.69, 9.17) is 4.74 Å². The van der Waals surface area contributed by atoms with Gasteiger partial charge in [-0.25, -0.2) is 9.48 Å². The highest BCUT2D eigenvalue weighted by Gasteiger charge is 2.34. The van der Waals surface area contributed by atoms with E-state index >= 15 is 0 Å². The highest BCUT2D eigenvalue weighted by molar-refractivity contribution is 5.92. The fourth-order valence-corrected chi connectivity index (χ4v) is 2.57. The van der Waals surface area contributed by atoms with Crippen LogP contribution in [0.2, 0.25) is 0 Å². The number of aromatic nitrogens is 5. The standard InChI is InChI=1S/C14H18N6O2/c1-4-19-7-10(6-16-19)12-11(13(21)22-5-2)9(3)18-14-15-8-17-20(12)14/h6-8,12H,4-5H2,1-3H3,(H,15,17,18). The van der Waals surface area contributed by atoms with Crippen molar-refractivity contribution in [2.45, 2.75) is 33.4 Å². The molecule has 1 aliphatic heterocycles. The van der Waals surface area contributed by atoms with Crippen LogP contribution in [0.5, 0.6) is 0 Å². The van der Waals surface area contributed by atoms with E-state index in [1.165, 1.54) is 6.33 Å². The van der Waals surface area contributed by atoms with Gasteiger partial charge in [-0.3, -0.25) is 4.68 Å². The molecule has 1 N–H and O–H groups in total. The smallest absolute Gasteiger partial charge is 0.338 e. The summed E-state index contributed by atoms with van der Waals surface area (Å²) in [7, 11) is 0. The Morgan fingerprint density at radius 2 is 2.23 bits per heavy atom. The van der Waals surface area contributed by atoms with Crippen molar-refractivity contribution in [1.29, 1.82) is 0 Å². The SMILES string of the molecule is CCOC(=O)C1=C(C)Nc2ncnn2C1c1cnn(CC)c1. The van der Waals surface area contributed by atoms with Crippen LogP contribution in [0.25, 0.3) is 0 Å². The summed E-state index contributed by atoms with van der Waals surface area (Å²) in [6, 6.07) is -0.391. The number of carbonyl (C=O) groups excluding carboxylic acids is 1. The van der Waals surface area contributed by atoms with Crippen molar-refractivity contribution in [3.8, 4) is 0 Å². The Hall–Kier alpha value is -2.64. The van der Waals surface area contributed by atoms with Crippen molar-refractivity contribution in [2.75, 3.05) is 11.9 Å². The molecule has 116 valence electrons. The Balaban J connectivity index is 2.10. The Kier molecular flexibility index (Phi) is 3.66. The highest BCUT2D eigenvalue weighted by atomic mass is 16.5. The van der Waals surface area contributed by atoms with E-state index in [2.05, 4.69) is 20.5 Å². The van der Waals surface area contributed by atoms with Gasteiger partial charge in [-0.1, -0.05) is 0 Å². The van der Waals surface area contributed by atoms with Crippen LogP contribution in [0.1, 0.15) is 32.4 Å². The zero-order valence-electron chi connectivity index (χ0n) is 12.8. The van der Waals surface area contributed by atoms with Crippen LogP contribution in [-0.4, -0.2) is 37.1 Å². The molecule has 1 aliphatic rings. The van der Waals surface area contributed by atoms with Crippen LogP contribution >= 0.6 is 0 Å².